The lowest BCUT2D eigenvalue weighted by atomic mass is 10.00. The summed E-state index contributed by atoms with van der Waals surface area (Å²) in [7, 11) is 2.94. The average molecular weight is 360 g/mol. The summed E-state index contributed by atoms with van der Waals surface area (Å²) < 4.78 is 10.9. The van der Waals surface area contributed by atoms with E-state index in [2.05, 4.69) is 21.2 Å². The third kappa shape index (κ3) is 4.63. The zero-order chi connectivity index (χ0) is 16.2. The Hall–Kier alpha value is -1.76. The van der Waals surface area contributed by atoms with Crippen LogP contribution < -0.4 is 14.8 Å². The van der Waals surface area contributed by atoms with Crippen molar-refractivity contribution in [3.63, 3.8) is 0 Å². The zero-order valence-electron chi connectivity index (χ0n) is 12.3. The van der Waals surface area contributed by atoms with E-state index in [1.54, 1.807) is 19.9 Å². The van der Waals surface area contributed by atoms with Crippen LogP contribution in [0.5, 0.6) is 11.5 Å². The van der Waals surface area contributed by atoms with E-state index in [0.29, 0.717) is 16.0 Å². The topological polar surface area (TPSA) is 84.9 Å². The van der Waals surface area contributed by atoms with Crippen LogP contribution in [0.1, 0.15) is 30.6 Å². The highest BCUT2D eigenvalue weighted by Gasteiger charge is 2.26. The fraction of sp³-hybridized carbons (Fsp3) is 0.429. The van der Waals surface area contributed by atoms with Gasteiger partial charge in [-0.15, -0.1) is 0 Å². The molecule has 0 radical (unpaired) electrons. The van der Waals surface area contributed by atoms with Crippen molar-refractivity contribution in [2.45, 2.75) is 25.8 Å². The monoisotopic (exact) mass is 359 g/mol. The highest BCUT2D eigenvalue weighted by atomic mass is 79.9. The fourth-order valence-electron chi connectivity index (χ4n) is 1.86. The second-order valence-electron chi connectivity index (χ2n) is 5.10. The number of amides is 1. The van der Waals surface area contributed by atoms with Gasteiger partial charge in [0.15, 0.2) is 0 Å². The van der Waals surface area contributed by atoms with Gasteiger partial charge in [-0.05, 0) is 41.9 Å². The van der Waals surface area contributed by atoms with Gasteiger partial charge in [-0.25, -0.2) is 0 Å². The van der Waals surface area contributed by atoms with Crippen LogP contribution in [0.3, 0.4) is 0 Å². The van der Waals surface area contributed by atoms with Gasteiger partial charge in [0.1, 0.15) is 11.5 Å². The maximum absolute atomic E-state index is 12.4. The molecule has 21 heavy (non-hydrogen) atoms. The molecular weight excluding hydrogens is 342 g/mol. The normalized spacial score (nSPS) is 10.9. The summed E-state index contributed by atoms with van der Waals surface area (Å²) in [5, 5.41) is 11.5. The molecule has 0 fully saturated rings. The molecule has 116 valence electrons. The van der Waals surface area contributed by atoms with Crippen molar-refractivity contribution in [3.8, 4) is 11.5 Å². The summed E-state index contributed by atoms with van der Waals surface area (Å²) in [4.78, 5) is 23.2. The molecule has 0 atom stereocenters. The summed E-state index contributed by atoms with van der Waals surface area (Å²) in [6.45, 7) is 3.28. The van der Waals surface area contributed by atoms with Gasteiger partial charge in [-0.3, -0.25) is 9.59 Å². The highest BCUT2D eigenvalue weighted by molar-refractivity contribution is 9.10. The minimum atomic E-state index is -0.987. The predicted molar refractivity (Wildman–Crippen MR) is 81.0 cm³/mol. The second-order valence-corrected chi connectivity index (χ2v) is 5.95. The van der Waals surface area contributed by atoms with E-state index in [1.165, 1.54) is 20.3 Å². The maximum atomic E-state index is 12.4. The summed E-state index contributed by atoms with van der Waals surface area (Å²) in [5.74, 6) is -0.569. The predicted octanol–water partition coefficient (Wildman–Crippen LogP) is 2.45. The number of carboxylic acids is 1. The Balaban J connectivity index is 3.12. The van der Waals surface area contributed by atoms with Crippen molar-refractivity contribution in [1.29, 1.82) is 0 Å². The number of hydrogen-bond acceptors (Lipinski definition) is 4. The summed E-state index contributed by atoms with van der Waals surface area (Å²) in [5.41, 5.74) is -0.620. The molecule has 0 heterocycles. The molecule has 2 N–H and O–H groups in total. The first kappa shape index (κ1) is 17.3. The van der Waals surface area contributed by atoms with Gasteiger partial charge in [0.05, 0.1) is 30.7 Å². The van der Waals surface area contributed by atoms with Crippen molar-refractivity contribution in [2.75, 3.05) is 14.2 Å². The van der Waals surface area contributed by atoms with E-state index >= 15 is 0 Å². The lowest BCUT2D eigenvalue weighted by Gasteiger charge is -2.25. The number of carbonyl (C=O) groups excluding carboxylic acids is 1. The van der Waals surface area contributed by atoms with E-state index in [9.17, 15) is 9.59 Å². The van der Waals surface area contributed by atoms with Gasteiger partial charge < -0.3 is 19.9 Å². The maximum Gasteiger partial charge on any atom is 0.305 e. The van der Waals surface area contributed by atoms with Gasteiger partial charge in [0.25, 0.3) is 5.91 Å². The number of aliphatic carboxylic acids is 1. The number of hydrogen-bond donors (Lipinski definition) is 2. The largest absolute Gasteiger partial charge is 0.497 e. The summed E-state index contributed by atoms with van der Waals surface area (Å²) >= 11 is 3.31. The van der Waals surface area contributed by atoms with Crippen molar-refractivity contribution < 1.29 is 24.2 Å². The van der Waals surface area contributed by atoms with Crippen LogP contribution in [-0.2, 0) is 4.79 Å². The Morgan fingerprint density at radius 2 is 1.90 bits per heavy atom. The van der Waals surface area contributed by atoms with Crippen LogP contribution in [0.4, 0.5) is 0 Å². The lowest BCUT2D eigenvalue weighted by molar-refractivity contribution is -0.138. The molecule has 1 aromatic carbocycles. The average Bonchev–Trinajstić information content (AvgIpc) is 2.35. The Labute approximate surface area is 131 Å². The van der Waals surface area contributed by atoms with Gasteiger partial charge in [0.2, 0.25) is 0 Å². The second kappa shape index (κ2) is 6.80. The molecule has 1 aromatic rings. The quantitative estimate of drug-likeness (QED) is 0.814. The van der Waals surface area contributed by atoms with Crippen LogP contribution in [0.15, 0.2) is 16.6 Å². The van der Waals surface area contributed by atoms with Crippen LogP contribution in [0, 0.1) is 0 Å². The van der Waals surface area contributed by atoms with Gasteiger partial charge in [-0.2, -0.15) is 0 Å². The molecule has 0 bridgehead atoms. The number of ether oxygens (including phenoxy) is 2. The SMILES string of the molecule is COc1cc(Br)c(OC)c(C(=O)NC(C)(C)CC(=O)O)c1. The summed E-state index contributed by atoms with van der Waals surface area (Å²) in [6.07, 6.45) is -0.188. The van der Waals surface area contributed by atoms with Gasteiger partial charge in [-0.1, -0.05) is 0 Å². The third-order valence-electron chi connectivity index (χ3n) is 2.75. The molecule has 0 aromatic heterocycles. The molecule has 1 rings (SSSR count). The molecule has 0 aliphatic carbocycles. The number of halogens is 1. The Morgan fingerprint density at radius 3 is 2.38 bits per heavy atom. The number of nitrogens with one attached hydrogen (secondary N) is 1. The van der Waals surface area contributed by atoms with Crippen LogP contribution in [0.25, 0.3) is 0 Å². The molecule has 0 unspecified atom stereocenters. The first-order valence-corrected chi connectivity index (χ1v) is 6.95. The summed E-state index contributed by atoms with van der Waals surface area (Å²) in [6, 6.07) is 3.22. The first-order chi connectivity index (χ1) is 9.70. The minimum absolute atomic E-state index is 0.188. The zero-order valence-corrected chi connectivity index (χ0v) is 13.9. The first-order valence-electron chi connectivity index (χ1n) is 6.16. The van der Waals surface area contributed by atoms with Crippen molar-refractivity contribution >= 4 is 27.8 Å². The van der Waals surface area contributed by atoms with E-state index < -0.39 is 17.4 Å². The van der Waals surface area contributed by atoms with Crippen molar-refractivity contribution in [2.24, 2.45) is 0 Å². The molecule has 6 nitrogen and oxygen atoms in total. The Morgan fingerprint density at radius 1 is 1.29 bits per heavy atom. The molecule has 0 saturated heterocycles. The van der Waals surface area contributed by atoms with Crippen LogP contribution >= 0.6 is 15.9 Å². The molecule has 0 saturated carbocycles. The Bertz CT molecular complexity index is 557. The standard InChI is InChI=1S/C14H18BrNO5/c1-14(2,7-11(17)18)16-13(19)9-5-8(20-3)6-10(15)12(9)21-4/h5-6H,7H2,1-4H3,(H,16,19)(H,17,18). The van der Waals surface area contributed by atoms with E-state index in [4.69, 9.17) is 14.6 Å². The highest BCUT2D eigenvalue weighted by Crippen LogP contribution is 2.33. The van der Waals surface area contributed by atoms with Gasteiger partial charge in [0, 0.05) is 5.54 Å². The number of methoxy groups -OCH3 is 2. The minimum Gasteiger partial charge on any atom is -0.497 e. The molecule has 1 amide bonds. The fourth-order valence-corrected chi connectivity index (χ4v) is 2.46. The number of benzene rings is 1. The van der Waals surface area contributed by atoms with Crippen molar-refractivity contribution in [1.82, 2.24) is 5.32 Å². The van der Waals surface area contributed by atoms with E-state index in [1.807, 2.05) is 0 Å². The number of rotatable bonds is 6. The molecule has 0 aliphatic heterocycles. The van der Waals surface area contributed by atoms with Gasteiger partial charge >= 0.3 is 5.97 Å². The van der Waals surface area contributed by atoms with Crippen molar-refractivity contribution in [3.05, 3.63) is 22.2 Å². The molecular formula is C14H18BrNO5. The smallest absolute Gasteiger partial charge is 0.305 e. The van der Waals surface area contributed by atoms with E-state index in [0.717, 1.165) is 0 Å². The third-order valence-corrected chi connectivity index (χ3v) is 3.34. The molecule has 7 heteroatoms. The Kier molecular flexibility index (Phi) is 5.60. The number of carbonyl (C=O) groups is 2. The molecule has 0 spiro atoms. The van der Waals surface area contributed by atoms with E-state index in [-0.39, 0.29) is 12.0 Å². The lowest BCUT2D eigenvalue weighted by Crippen LogP contribution is -2.45. The van der Waals surface area contributed by atoms with Crippen LogP contribution in [-0.4, -0.2) is 36.7 Å². The van der Waals surface area contributed by atoms with Crippen LogP contribution in [0.2, 0.25) is 0 Å². The molecule has 0 aliphatic rings. The number of carboxylic acid groups (broad SMARTS) is 1.